The average Bonchev–Trinajstić information content (AvgIpc) is 3.26. The van der Waals surface area contributed by atoms with Gasteiger partial charge in [0.2, 0.25) is 11.8 Å². The minimum Gasteiger partial charge on any atom is -0.480 e. The number of nitrogens with one attached hydrogen (secondary N) is 4. The normalized spacial score (nSPS) is 14.2. The molecule has 2 amide bonds. The number of carbonyl (C=O) groups excluding carboxylic acids is 2. The summed E-state index contributed by atoms with van der Waals surface area (Å²) in [4.78, 5) is 49.2. The van der Waals surface area contributed by atoms with Crippen molar-refractivity contribution < 1.29 is 19.5 Å². The molecule has 0 unspecified atom stereocenters. The molecule has 2 aromatic rings. The number of nitrogens with two attached hydrogens (primary N) is 1. The van der Waals surface area contributed by atoms with E-state index in [4.69, 9.17) is 5.73 Å². The van der Waals surface area contributed by atoms with Crippen LogP contribution in [0.15, 0.2) is 25.0 Å². The van der Waals surface area contributed by atoms with Gasteiger partial charge < -0.3 is 31.4 Å². The van der Waals surface area contributed by atoms with Gasteiger partial charge in [0.25, 0.3) is 0 Å². The molecule has 0 fully saturated rings. The summed E-state index contributed by atoms with van der Waals surface area (Å²) in [6, 6.07) is -3.00. The summed E-state index contributed by atoms with van der Waals surface area (Å²) in [5.74, 6) is -2.36. The third-order valence-electron chi connectivity index (χ3n) is 3.62. The van der Waals surface area contributed by atoms with Crippen LogP contribution in [0.4, 0.5) is 0 Å². The van der Waals surface area contributed by atoms with E-state index in [2.05, 4.69) is 30.6 Å². The average molecular weight is 363 g/mol. The Morgan fingerprint density at radius 3 is 1.96 bits per heavy atom. The molecule has 11 nitrogen and oxygen atoms in total. The first kappa shape index (κ1) is 19.1. The number of carboxylic acids is 1. The van der Waals surface area contributed by atoms with E-state index in [1.54, 1.807) is 0 Å². The number of hydrogen-bond donors (Lipinski definition) is 6. The number of rotatable bonds is 9. The van der Waals surface area contributed by atoms with E-state index in [-0.39, 0.29) is 12.8 Å². The molecule has 0 aliphatic carbocycles. The van der Waals surface area contributed by atoms with Crippen molar-refractivity contribution >= 4 is 17.8 Å². The fraction of sp³-hybridized carbons (Fsp3) is 0.400. The van der Waals surface area contributed by atoms with Crippen molar-refractivity contribution in [3.63, 3.8) is 0 Å². The number of amides is 2. The molecule has 7 N–H and O–H groups in total. The first-order chi connectivity index (χ1) is 12.4. The molecule has 0 aliphatic rings. The van der Waals surface area contributed by atoms with Crippen LogP contribution in [-0.4, -0.2) is 61.0 Å². The second-order valence-corrected chi connectivity index (χ2v) is 5.81. The quantitative estimate of drug-likeness (QED) is 0.308. The van der Waals surface area contributed by atoms with Crippen molar-refractivity contribution in [3.05, 3.63) is 36.4 Å². The smallest absolute Gasteiger partial charge is 0.326 e. The SMILES string of the molecule is C[C@H](N)C(=O)N[C@@H](Cc1cnc[nH]1)C(=O)N[C@@H](Cc1cnc[nH]1)C(=O)O. The van der Waals surface area contributed by atoms with Crippen molar-refractivity contribution in [2.75, 3.05) is 0 Å². The first-order valence-electron chi connectivity index (χ1n) is 7.90. The number of nitrogens with zero attached hydrogens (tertiary/aromatic N) is 2. The van der Waals surface area contributed by atoms with Crippen LogP contribution in [0, 0.1) is 0 Å². The van der Waals surface area contributed by atoms with Crippen molar-refractivity contribution in [3.8, 4) is 0 Å². The van der Waals surface area contributed by atoms with Crippen LogP contribution in [0.1, 0.15) is 18.3 Å². The molecule has 11 heteroatoms. The van der Waals surface area contributed by atoms with Gasteiger partial charge in [-0.15, -0.1) is 0 Å². The third kappa shape index (κ3) is 5.41. The summed E-state index contributed by atoms with van der Waals surface area (Å²) in [7, 11) is 0. The van der Waals surface area contributed by atoms with E-state index in [1.165, 1.54) is 32.0 Å². The third-order valence-corrected chi connectivity index (χ3v) is 3.62. The number of aromatic nitrogens is 4. The van der Waals surface area contributed by atoms with Gasteiger partial charge in [0, 0.05) is 36.6 Å². The lowest BCUT2D eigenvalue weighted by Crippen LogP contribution is -2.55. The predicted octanol–water partition coefficient (Wildman–Crippen LogP) is -1.68. The van der Waals surface area contributed by atoms with E-state index >= 15 is 0 Å². The van der Waals surface area contributed by atoms with Crippen molar-refractivity contribution in [1.29, 1.82) is 0 Å². The molecule has 0 spiro atoms. The number of hydrogen-bond acceptors (Lipinski definition) is 6. The van der Waals surface area contributed by atoms with Crippen LogP contribution in [0.3, 0.4) is 0 Å². The van der Waals surface area contributed by atoms with Crippen LogP contribution in [0.25, 0.3) is 0 Å². The van der Waals surface area contributed by atoms with Gasteiger partial charge in [0.05, 0.1) is 18.7 Å². The van der Waals surface area contributed by atoms with E-state index in [1.807, 2.05) is 0 Å². The molecule has 0 radical (unpaired) electrons. The van der Waals surface area contributed by atoms with Crippen molar-refractivity contribution in [2.45, 2.75) is 37.9 Å². The second-order valence-electron chi connectivity index (χ2n) is 5.81. The van der Waals surface area contributed by atoms with Gasteiger partial charge in [-0.05, 0) is 6.92 Å². The molecule has 140 valence electrons. The zero-order valence-electron chi connectivity index (χ0n) is 14.1. The summed E-state index contributed by atoms with van der Waals surface area (Å²) in [5.41, 5.74) is 6.69. The lowest BCUT2D eigenvalue weighted by molar-refractivity contribution is -0.142. The van der Waals surface area contributed by atoms with E-state index in [0.717, 1.165) is 0 Å². The first-order valence-corrected chi connectivity index (χ1v) is 7.90. The molecule has 0 bridgehead atoms. The highest BCUT2D eigenvalue weighted by Crippen LogP contribution is 2.03. The van der Waals surface area contributed by atoms with Crippen LogP contribution >= 0.6 is 0 Å². The van der Waals surface area contributed by atoms with Crippen molar-refractivity contribution in [1.82, 2.24) is 30.6 Å². The maximum absolute atomic E-state index is 12.6. The minimum atomic E-state index is -1.20. The molecule has 2 heterocycles. The number of carbonyl (C=O) groups is 3. The summed E-state index contributed by atoms with van der Waals surface area (Å²) < 4.78 is 0. The molecular formula is C15H21N7O4. The summed E-state index contributed by atoms with van der Waals surface area (Å²) in [5, 5.41) is 14.3. The van der Waals surface area contributed by atoms with Gasteiger partial charge in [0.1, 0.15) is 12.1 Å². The number of aliphatic carboxylic acids is 1. The second kappa shape index (κ2) is 8.76. The zero-order chi connectivity index (χ0) is 19.1. The fourth-order valence-electron chi connectivity index (χ4n) is 2.22. The Morgan fingerprint density at radius 2 is 1.54 bits per heavy atom. The van der Waals surface area contributed by atoms with E-state index in [9.17, 15) is 19.5 Å². The van der Waals surface area contributed by atoms with Crippen molar-refractivity contribution in [2.24, 2.45) is 5.73 Å². The minimum absolute atomic E-state index is 0.0269. The molecule has 0 aliphatic heterocycles. The number of carboxylic acid groups (broad SMARTS) is 1. The van der Waals surface area contributed by atoms with Gasteiger partial charge in [-0.25, -0.2) is 14.8 Å². The Hall–Kier alpha value is -3.21. The number of imidazole rings is 2. The highest BCUT2D eigenvalue weighted by Gasteiger charge is 2.28. The lowest BCUT2D eigenvalue weighted by Gasteiger charge is -2.21. The number of H-pyrrole nitrogens is 2. The molecule has 0 saturated heterocycles. The largest absolute Gasteiger partial charge is 0.480 e. The topological polar surface area (TPSA) is 179 Å². The number of aromatic amines is 2. The van der Waals surface area contributed by atoms with Crippen LogP contribution in [0.2, 0.25) is 0 Å². The molecule has 0 saturated carbocycles. The van der Waals surface area contributed by atoms with Crippen LogP contribution < -0.4 is 16.4 Å². The van der Waals surface area contributed by atoms with Gasteiger partial charge in [0.15, 0.2) is 0 Å². The Labute approximate surface area is 148 Å². The Balaban J connectivity index is 2.09. The predicted molar refractivity (Wildman–Crippen MR) is 89.7 cm³/mol. The zero-order valence-corrected chi connectivity index (χ0v) is 14.1. The molecule has 2 rings (SSSR count). The molecule has 0 aromatic carbocycles. The highest BCUT2D eigenvalue weighted by atomic mass is 16.4. The maximum Gasteiger partial charge on any atom is 0.326 e. The highest BCUT2D eigenvalue weighted by molar-refractivity contribution is 5.91. The lowest BCUT2D eigenvalue weighted by atomic mass is 10.1. The standard InChI is InChI=1S/C15H21N7O4/c1-8(16)13(23)21-11(2-9-4-17-6-19-9)14(24)22-12(15(25)26)3-10-5-18-7-20-10/h4-8,11-12H,2-3,16H2,1H3,(H,17,19)(H,18,20)(H,21,23)(H,22,24)(H,25,26)/t8-,11-,12-/m0/s1. The van der Waals surface area contributed by atoms with E-state index in [0.29, 0.717) is 11.4 Å². The molecule has 3 atom stereocenters. The van der Waals surface area contributed by atoms with Gasteiger partial charge in [-0.1, -0.05) is 0 Å². The molecule has 26 heavy (non-hydrogen) atoms. The van der Waals surface area contributed by atoms with Gasteiger partial charge in [-0.3, -0.25) is 9.59 Å². The fourth-order valence-corrected chi connectivity index (χ4v) is 2.22. The van der Waals surface area contributed by atoms with Crippen LogP contribution in [-0.2, 0) is 27.2 Å². The monoisotopic (exact) mass is 363 g/mol. The van der Waals surface area contributed by atoms with Gasteiger partial charge in [-0.2, -0.15) is 0 Å². The molecule has 2 aromatic heterocycles. The Bertz CT molecular complexity index is 727. The summed E-state index contributed by atoms with van der Waals surface area (Å²) >= 11 is 0. The van der Waals surface area contributed by atoms with Crippen LogP contribution in [0.5, 0.6) is 0 Å². The van der Waals surface area contributed by atoms with E-state index < -0.39 is 35.9 Å². The Kier molecular flexibility index (Phi) is 6.44. The summed E-state index contributed by atoms with van der Waals surface area (Å²) in [6.07, 6.45) is 5.98. The molecular weight excluding hydrogens is 342 g/mol. The maximum atomic E-state index is 12.6. The summed E-state index contributed by atoms with van der Waals surface area (Å²) in [6.45, 7) is 1.48. The Morgan fingerprint density at radius 1 is 1.04 bits per heavy atom. The van der Waals surface area contributed by atoms with Gasteiger partial charge >= 0.3 is 5.97 Å².